The smallest absolute Gasteiger partial charge is 0.383 e. The van der Waals surface area contributed by atoms with Crippen molar-refractivity contribution in [3.63, 3.8) is 0 Å². The molecule has 0 unspecified atom stereocenters. The Balaban J connectivity index is 1.96. The molecule has 0 saturated heterocycles. The summed E-state index contributed by atoms with van der Waals surface area (Å²) >= 11 is 0. The predicted molar refractivity (Wildman–Crippen MR) is 69.2 cm³/mol. The topological polar surface area (TPSA) is 65.7 Å². The quantitative estimate of drug-likeness (QED) is 0.475. The number of methoxy groups -OCH3 is 1. The first-order valence-electron chi connectivity index (χ1n) is 5.56. The summed E-state index contributed by atoms with van der Waals surface area (Å²) in [6, 6.07) is 7.20. The molecule has 0 amide bonds. The summed E-state index contributed by atoms with van der Waals surface area (Å²) in [5.41, 5.74) is 1.14. The van der Waals surface area contributed by atoms with Gasteiger partial charge in [-0.3, -0.25) is 0 Å². The number of nitrogens with zero attached hydrogens (tertiary/aromatic N) is 3. The fourth-order valence-electron chi connectivity index (χ4n) is 1.43. The zero-order valence-corrected chi connectivity index (χ0v) is 10.6. The van der Waals surface area contributed by atoms with E-state index in [0.717, 1.165) is 11.3 Å². The van der Waals surface area contributed by atoms with Crippen LogP contribution in [0.3, 0.4) is 0 Å². The minimum Gasteiger partial charge on any atom is -0.497 e. The standard InChI is InChI=1S/C13H13N3O3/c1-16-9-14-8-12(16)13(17)19-15-7-10-3-5-11(18-2)6-4-10/h3-9H,1-2H3. The van der Waals surface area contributed by atoms with E-state index in [9.17, 15) is 4.79 Å². The molecule has 1 aromatic carbocycles. The Labute approximate surface area is 110 Å². The number of hydrogen-bond donors (Lipinski definition) is 0. The Kier molecular flexibility index (Phi) is 3.92. The molecule has 6 heteroatoms. The fourth-order valence-corrected chi connectivity index (χ4v) is 1.43. The molecule has 2 aromatic rings. The molecule has 0 atom stereocenters. The second-order valence-electron chi connectivity index (χ2n) is 3.78. The lowest BCUT2D eigenvalue weighted by atomic mass is 10.2. The van der Waals surface area contributed by atoms with Gasteiger partial charge in [0.05, 0.1) is 25.8 Å². The molecule has 0 radical (unpaired) electrons. The molecule has 0 saturated carbocycles. The number of carbonyl (C=O) groups is 1. The Morgan fingerprint density at radius 3 is 2.68 bits per heavy atom. The van der Waals surface area contributed by atoms with Crippen LogP contribution in [0.25, 0.3) is 0 Å². The Hall–Kier alpha value is -2.63. The van der Waals surface area contributed by atoms with Gasteiger partial charge in [-0.1, -0.05) is 5.16 Å². The first-order valence-corrected chi connectivity index (χ1v) is 5.56. The number of rotatable bonds is 4. The van der Waals surface area contributed by atoms with Crippen LogP contribution in [-0.2, 0) is 11.9 Å². The number of benzene rings is 1. The molecular formula is C13H13N3O3. The Bertz CT molecular complexity index is 587. The molecule has 0 aliphatic heterocycles. The maximum absolute atomic E-state index is 11.6. The Morgan fingerprint density at radius 1 is 1.37 bits per heavy atom. The summed E-state index contributed by atoms with van der Waals surface area (Å²) < 4.78 is 6.60. The van der Waals surface area contributed by atoms with Crippen molar-refractivity contribution in [2.45, 2.75) is 0 Å². The van der Waals surface area contributed by atoms with Crippen LogP contribution in [0.1, 0.15) is 16.1 Å². The van der Waals surface area contributed by atoms with Crippen molar-refractivity contribution in [1.29, 1.82) is 0 Å². The first-order chi connectivity index (χ1) is 9.20. The van der Waals surface area contributed by atoms with Crippen LogP contribution in [-0.4, -0.2) is 28.8 Å². The molecule has 0 aliphatic carbocycles. The highest BCUT2D eigenvalue weighted by atomic mass is 16.7. The molecule has 6 nitrogen and oxygen atoms in total. The van der Waals surface area contributed by atoms with Gasteiger partial charge < -0.3 is 14.1 Å². The normalized spacial score (nSPS) is 10.6. The van der Waals surface area contributed by atoms with Crippen molar-refractivity contribution >= 4 is 12.2 Å². The lowest BCUT2D eigenvalue weighted by molar-refractivity contribution is 0.0508. The van der Waals surface area contributed by atoms with Gasteiger partial charge in [-0.15, -0.1) is 0 Å². The van der Waals surface area contributed by atoms with Crippen LogP contribution in [0, 0.1) is 0 Å². The van der Waals surface area contributed by atoms with Gasteiger partial charge in [-0.25, -0.2) is 9.78 Å². The molecule has 19 heavy (non-hydrogen) atoms. The third-order valence-electron chi connectivity index (χ3n) is 2.48. The lowest BCUT2D eigenvalue weighted by Gasteiger charge is -1.99. The molecule has 2 rings (SSSR count). The van der Waals surface area contributed by atoms with Crippen LogP contribution in [0.5, 0.6) is 5.75 Å². The third kappa shape index (κ3) is 3.19. The van der Waals surface area contributed by atoms with E-state index in [0.29, 0.717) is 5.69 Å². The number of carbonyl (C=O) groups excluding carboxylic acids is 1. The average Bonchev–Trinajstić information content (AvgIpc) is 2.86. The zero-order chi connectivity index (χ0) is 13.7. The van der Waals surface area contributed by atoms with Gasteiger partial charge in [-0.2, -0.15) is 0 Å². The molecule has 1 heterocycles. The summed E-state index contributed by atoms with van der Waals surface area (Å²) in [4.78, 5) is 20.2. The monoisotopic (exact) mass is 259 g/mol. The average molecular weight is 259 g/mol. The van der Waals surface area contributed by atoms with Gasteiger partial charge in [0, 0.05) is 7.05 Å². The van der Waals surface area contributed by atoms with Crippen LogP contribution < -0.4 is 4.74 Å². The molecular weight excluding hydrogens is 246 g/mol. The first kappa shape index (κ1) is 12.8. The van der Waals surface area contributed by atoms with Crippen molar-refractivity contribution in [3.05, 3.63) is 48.0 Å². The van der Waals surface area contributed by atoms with Gasteiger partial charge in [0.25, 0.3) is 0 Å². The summed E-state index contributed by atoms with van der Waals surface area (Å²) in [5, 5.41) is 3.64. The molecule has 0 bridgehead atoms. The second kappa shape index (κ2) is 5.81. The van der Waals surface area contributed by atoms with Crippen molar-refractivity contribution in [2.24, 2.45) is 12.2 Å². The van der Waals surface area contributed by atoms with E-state index >= 15 is 0 Å². The molecule has 1 aromatic heterocycles. The maximum atomic E-state index is 11.6. The van der Waals surface area contributed by atoms with Crippen LogP contribution in [0.4, 0.5) is 0 Å². The number of aromatic nitrogens is 2. The minimum atomic E-state index is -0.551. The summed E-state index contributed by atoms with van der Waals surface area (Å²) in [6.07, 6.45) is 4.39. The van der Waals surface area contributed by atoms with E-state index in [1.165, 1.54) is 18.7 Å². The molecule has 0 spiro atoms. The van der Waals surface area contributed by atoms with Crippen LogP contribution in [0.15, 0.2) is 41.9 Å². The fraction of sp³-hybridized carbons (Fsp3) is 0.154. The van der Waals surface area contributed by atoms with E-state index in [-0.39, 0.29) is 0 Å². The van der Waals surface area contributed by atoms with Gasteiger partial charge >= 0.3 is 5.97 Å². The highest BCUT2D eigenvalue weighted by Crippen LogP contribution is 2.09. The van der Waals surface area contributed by atoms with E-state index < -0.39 is 5.97 Å². The van der Waals surface area contributed by atoms with E-state index in [1.807, 2.05) is 0 Å². The van der Waals surface area contributed by atoms with E-state index in [4.69, 9.17) is 9.57 Å². The number of imidazole rings is 1. The minimum absolute atomic E-state index is 0.340. The third-order valence-corrected chi connectivity index (χ3v) is 2.48. The summed E-state index contributed by atoms with van der Waals surface area (Å²) in [5.74, 6) is 0.203. The van der Waals surface area contributed by atoms with Gasteiger partial charge in [0.2, 0.25) is 0 Å². The maximum Gasteiger partial charge on any atom is 0.383 e. The van der Waals surface area contributed by atoms with Crippen molar-refractivity contribution in [2.75, 3.05) is 7.11 Å². The van der Waals surface area contributed by atoms with Crippen LogP contribution >= 0.6 is 0 Å². The summed E-state index contributed by atoms with van der Waals surface area (Å²) in [6.45, 7) is 0. The molecule has 0 N–H and O–H groups in total. The van der Waals surface area contributed by atoms with Crippen LogP contribution in [0.2, 0.25) is 0 Å². The van der Waals surface area contributed by atoms with E-state index in [2.05, 4.69) is 10.1 Å². The number of aryl methyl sites for hydroxylation is 1. The van der Waals surface area contributed by atoms with Gasteiger partial charge in [0.15, 0.2) is 0 Å². The van der Waals surface area contributed by atoms with Crippen molar-refractivity contribution < 1.29 is 14.4 Å². The summed E-state index contributed by atoms with van der Waals surface area (Å²) in [7, 11) is 3.30. The Morgan fingerprint density at radius 2 is 2.11 bits per heavy atom. The highest BCUT2D eigenvalue weighted by molar-refractivity contribution is 5.88. The number of oxime groups is 1. The van der Waals surface area contributed by atoms with E-state index in [1.54, 1.807) is 43.0 Å². The highest BCUT2D eigenvalue weighted by Gasteiger charge is 2.10. The van der Waals surface area contributed by atoms with Gasteiger partial charge in [-0.05, 0) is 29.8 Å². The predicted octanol–water partition coefficient (Wildman–Crippen LogP) is 1.62. The molecule has 0 fully saturated rings. The van der Waals surface area contributed by atoms with Crippen molar-refractivity contribution in [1.82, 2.24) is 9.55 Å². The number of hydrogen-bond acceptors (Lipinski definition) is 5. The SMILES string of the molecule is COc1ccc(C=NOC(=O)c2cncn2C)cc1. The zero-order valence-electron chi connectivity index (χ0n) is 10.6. The van der Waals surface area contributed by atoms with Crippen molar-refractivity contribution in [3.8, 4) is 5.75 Å². The lowest BCUT2D eigenvalue weighted by Crippen LogP contribution is -2.06. The molecule has 98 valence electrons. The second-order valence-corrected chi connectivity index (χ2v) is 3.78. The largest absolute Gasteiger partial charge is 0.497 e. The number of ether oxygens (including phenoxy) is 1. The molecule has 0 aliphatic rings. The van der Waals surface area contributed by atoms with Gasteiger partial charge in [0.1, 0.15) is 11.4 Å².